The Kier molecular flexibility index (Phi) is 3.77. The van der Waals surface area contributed by atoms with Crippen LogP contribution in [0, 0.1) is 6.92 Å². The highest BCUT2D eigenvalue weighted by molar-refractivity contribution is 5.35. The second-order valence-electron chi connectivity index (χ2n) is 4.14. The zero-order valence-corrected chi connectivity index (χ0v) is 9.90. The number of hydrogen-bond acceptors (Lipinski definition) is 3. The van der Waals surface area contributed by atoms with E-state index in [1.54, 1.807) is 12.4 Å². The maximum Gasteiger partial charge on any atom is 0.120 e. The summed E-state index contributed by atoms with van der Waals surface area (Å²) in [6.45, 7) is 3.56. The lowest BCUT2D eigenvalue weighted by Crippen LogP contribution is -2.16. The molecular weight excluding hydrogens is 214 g/mol. The summed E-state index contributed by atoms with van der Waals surface area (Å²) in [7, 11) is 0. The van der Waals surface area contributed by atoms with E-state index in [0.29, 0.717) is 12.3 Å². The molecule has 17 heavy (non-hydrogen) atoms. The molecule has 1 heterocycles. The van der Waals surface area contributed by atoms with Crippen molar-refractivity contribution < 1.29 is 5.11 Å². The Balaban J connectivity index is 1.80. The van der Waals surface area contributed by atoms with Gasteiger partial charge in [-0.05, 0) is 13.0 Å². The molecule has 4 heteroatoms. The van der Waals surface area contributed by atoms with Gasteiger partial charge in [0, 0.05) is 37.0 Å². The lowest BCUT2D eigenvalue weighted by molar-refractivity contribution is 0.464. The largest absolute Gasteiger partial charge is 0.508 e. The van der Waals surface area contributed by atoms with Gasteiger partial charge < -0.3 is 15.4 Å². The predicted molar refractivity (Wildman–Crippen MR) is 66.8 cm³/mol. The van der Waals surface area contributed by atoms with Gasteiger partial charge in [-0.1, -0.05) is 17.7 Å². The molecule has 0 bridgehead atoms. The topological polar surface area (TPSA) is 60.9 Å². The number of phenolic OH excluding ortho intramolecular Hbond substituents is 1. The highest BCUT2D eigenvalue weighted by Gasteiger charge is 2.00. The van der Waals surface area contributed by atoms with Crippen molar-refractivity contribution >= 4 is 0 Å². The third-order valence-electron chi connectivity index (χ3n) is 2.68. The summed E-state index contributed by atoms with van der Waals surface area (Å²) in [6, 6.07) is 5.64. The Morgan fingerprint density at radius 3 is 3.06 bits per heavy atom. The standard InChI is InChI=1S/C13H17N3O/c1-10-2-3-13(17)11(6-10)7-14-5-4-12-8-15-9-16-12/h2-3,6,8-9,14,17H,4-5,7H2,1H3,(H,15,16). The molecule has 1 aromatic heterocycles. The van der Waals surface area contributed by atoms with Gasteiger partial charge in [-0.15, -0.1) is 0 Å². The van der Waals surface area contributed by atoms with Crippen LogP contribution < -0.4 is 5.32 Å². The van der Waals surface area contributed by atoms with Crippen molar-refractivity contribution in [2.75, 3.05) is 6.54 Å². The van der Waals surface area contributed by atoms with E-state index in [0.717, 1.165) is 29.8 Å². The van der Waals surface area contributed by atoms with E-state index < -0.39 is 0 Å². The molecule has 0 atom stereocenters. The Morgan fingerprint density at radius 2 is 2.29 bits per heavy atom. The highest BCUT2D eigenvalue weighted by atomic mass is 16.3. The summed E-state index contributed by atoms with van der Waals surface area (Å²) in [5.74, 6) is 0.352. The van der Waals surface area contributed by atoms with Gasteiger partial charge in [-0.25, -0.2) is 4.98 Å². The first-order valence-corrected chi connectivity index (χ1v) is 5.72. The van der Waals surface area contributed by atoms with Gasteiger partial charge in [-0.2, -0.15) is 0 Å². The highest BCUT2D eigenvalue weighted by Crippen LogP contribution is 2.17. The molecule has 0 saturated carbocycles. The first-order valence-electron chi connectivity index (χ1n) is 5.72. The van der Waals surface area contributed by atoms with E-state index in [2.05, 4.69) is 15.3 Å². The monoisotopic (exact) mass is 231 g/mol. The van der Waals surface area contributed by atoms with Crippen molar-refractivity contribution in [1.82, 2.24) is 15.3 Å². The first kappa shape index (κ1) is 11.7. The van der Waals surface area contributed by atoms with E-state index in [-0.39, 0.29) is 0 Å². The average Bonchev–Trinajstić information content (AvgIpc) is 2.82. The second-order valence-corrected chi connectivity index (χ2v) is 4.14. The number of hydrogen-bond donors (Lipinski definition) is 3. The van der Waals surface area contributed by atoms with Crippen molar-refractivity contribution in [3.63, 3.8) is 0 Å². The quantitative estimate of drug-likeness (QED) is 0.687. The number of aryl methyl sites for hydroxylation is 1. The Morgan fingerprint density at radius 1 is 1.41 bits per heavy atom. The zero-order valence-electron chi connectivity index (χ0n) is 9.90. The molecule has 3 N–H and O–H groups in total. The Hall–Kier alpha value is -1.81. The third-order valence-corrected chi connectivity index (χ3v) is 2.68. The van der Waals surface area contributed by atoms with Gasteiger partial charge in [0.25, 0.3) is 0 Å². The molecular formula is C13H17N3O. The van der Waals surface area contributed by atoms with Crippen LogP contribution in [0.2, 0.25) is 0 Å². The van der Waals surface area contributed by atoms with Crippen LogP contribution in [0.5, 0.6) is 5.75 Å². The smallest absolute Gasteiger partial charge is 0.120 e. The van der Waals surface area contributed by atoms with Crippen LogP contribution in [-0.4, -0.2) is 21.6 Å². The van der Waals surface area contributed by atoms with Crippen LogP contribution in [0.4, 0.5) is 0 Å². The summed E-state index contributed by atoms with van der Waals surface area (Å²) in [5.41, 5.74) is 3.22. The van der Waals surface area contributed by atoms with E-state index in [9.17, 15) is 5.11 Å². The van der Waals surface area contributed by atoms with Crippen LogP contribution in [0.3, 0.4) is 0 Å². The molecule has 0 unspecified atom stereocenters. The first-order chi connectivity index (χ1) is 8.25. The molecule has 1 aromatic carbocycles. The minimum Gasteiger partial charge on any atom is -0.508 e. The van der Waals surface area contributed by atoms with E-state index in [1.807, 2.05) is 25.3 Å². The van der Waals surface area contributed by atoms with Gasteiger partial charge in [0.1, 0.15) is 5.75 Å². The van der Waals surface area contributed by atoms with Crippen molar-refractivity contribution in [2.24, 2.45) is 0 Å². The number of benzene rings is 1. The van der Waals surface area contributed by atoms with Crippen molar-refractivity contribution in [1.29, 1.82) is 0 Å². The number of imidazole rings is 1. The SMILES string of the molecule is Cc1ccc(O)c(CNCCc2cnc[nH]2)c1. The fourth-order valence-corrected chi connectivity index (χ4v) is 1.72. The van der Waals surface area contributed by atoms with Gasteiger partial charge in [0.2, 0.25) is 0 Å². The molecule has 0 fully saturated rings. The van der Waals surface area contributed by atoms with Crippen molar-refractivity contribution in [3.05, 3.63) is 47.5 Å². The normalized spacial score (nSPS) is 10.6. The molecule has 90 valence electrons. The number of rotatable bonds is 5. The van der Waals surface area contributed by atoms with Gasteiger partial charge in [-0.3, -0.25) is 0 Å². The van der Waals surface area contributed by atoms with Crippen LogP contribution in [-0.2, 0) is 13.0 Å². The molecule has 0 saturated heterocycles. The number of nitrogens with zero attached hydrogens (tertiary/aromatic N) is 1. The maximum atomic E-state index is 9.66. The molecule has 0 spiro atoms. The summed E-state index contributed by atoms with van der Waals surface area (Å²) in [6.07, 6.45) is 4.42. The van der Waals surface area contributed by atoms with Crippen LogP contribution >= 0.6 is 0 Å². The second kappa shape index (κ2) is 5.50. The number of H-pyrrole nitrogens is 1. The summed E-state index contributed by atoms with van der Waals surface area (Å²) in [4.78, 5) is 7.02. The summed E-state index contributed by atoms with van der Waals surface area (Å²) < 4.78 is 0. The number of aromatic amines is 1. The van der Waals surface area contributed by atoms with Crippen molar-refractivity contribution in [3.8, 4) is 5.75 Å². The number of aromatic nitrogens is 2. The minimum absolute atomic E-state index is 0.352. The van der Waals surface area contributed by atoms with Crippen LogP contribution in [0.1, 0.15) is 16.8 Å². The molecule has 4 nitrogen and oxygen atoms in total. The molecule has 0 aliphatic rings. The maximum absolute atomic E-state index is 9.66. The molecule has 0 aliphatic heterocycles. The fraction of sp³-hybridized carbons (Fsp3) is 0.308. The fourth-order valence-electron chi connectivity index (χ4n) is 1.72. The number of aromatic hydroxyl groups is 1. The van der Waals surface area contributed by atoms with E-state index in [4.69, 9.17) is 0 Å². The molecule has 2 rings (SSSR count). The molecule has 0 amide bonds. The van der Waals surface area contributed by atoms with E-state index >= 15 is 0 Å². The zero-order chi connectivity index (χ0) is 12.1. The molecule has 0 radical (unpaired) electrons. The van der Waals surface area contributed by atoms with Gasteiger partial charge >= 0.3 is 0 Å². The van der Waals surface area contributed by atoms with Gasteiger partial charge in [0.15, 0.2) is 0 Å². The van der Waals surface area contributed by atoms with Gasteiger partial charge in [0.05, 0.1) is 6.33 Å². The third kappa shape index (κ3) is 3.32. The lowest BCUT2D eigenvalue weighted by atomic mass is 10.1. The lowest BCUT2D eigenvalue weighted by Gasteiger charge is -2.07. The van der Waals surface area contributed by atoms with Crippen LogP contribution in [0.25, 0.3) is 0 Å². The van der Waals surface area contributed by atoms with E-state index in [1.165, 1.54) is 0 Å². The number of nitrogens with one attached hydrogen (secondary N) is 2. The molecule has 2 aromatic rings. The molecule has 0 aliphatic carbocycles. The van der Waals surface area contributed by atoms with Crippen LogP contribution in [0.15, 0.2) is 30.7 Å². The van der Waals surface area contributed by atoms with Crippen molar-refractivity contribution in [2.45, 2.75) is 19.9 Å². The summed E-state index contributed by atoms with van der Waals surface area (Å²) in [5, 5.41) is 13.0. The number of phenols is 1. The minimum atomic E-state index is 0.352. The Bertz CT molecular complexity index is 466. The average molecular weight is 231 g/mol. The summed E-state index contributed by atoms with van der Waals surface area (Å²) >= 11 is 0. The predicted octanol–water partition coefficient (Wildman–Crippen LogP) is 1.76. The Labute approximate surface area is 101 Å².